The summed E-state index contributed by atoms with van der Waals surface area (Å²) in [5.41, 5.74) is 7.66. The molecule has 3 unspecified atom stereocenters. The standard InChI is InChI=1S/C17H21ClN4O/c18-12-4-5-16-20-13(6-17(23)22(16)8-12)9-21-7-11-2-1-3-15(19)14(11)10-21/h4-6,8,11,14-15H,1-3,7,9-10,19H2. The van der Waals surface area contributed by atoms with Crippen LogP contribution >= 0.6 is 11.6 Å². The maximum Gasteiger partial charge on any atom is 0.258 e. The highest BCUT2D eigenvalue weighted by Crippen LogP contribution is 2.35. The quantitative estimate of drug-likeness (QED) is 0.912. The lowest BCUT2D eigenvalue weighted by molar-refractivity contribution is 0.259. The lowest BCUT2D eigenvalue weighted by Crippen LogP contribution is -2.38. The number of nitrogens with two attached hydrogens (primary N) is 1. The zero-order valence-corrected chi connectivity index (χ0v) is 13.7. The molecule has 1 aliphatic carbocycles. The lowest BCUT2D eigenvalue weighted by Gasteiger charge is -2.29. The molecule has 3 heterocycles. The average Bonchev–Trinajstić information content (AvgIpc) is 2.92. The molecule has 2 aromatic rings. The molecule has 1 saturated carbocycles. The zero-order valence-electron chi connectivity index (χ0n) is 13.0. The Labute approximate surface area is 140 Å². The highest BCUT2D eigenvalue weighted by Gasteiger charge is 2.38. The van der Waals surface area contributed by atoms with Crippen molar-refractivity contribution in [2.75, 3.05) is 13.1 Å². The van der Waals surface area contributed by atoms with Crippen molar-refractivity contribution < 1.29 is 0 Å². The van der Waals surface area contributed by atoms with E-state index in [0.717, 1.165) is 25.2 Å². The number of rotatable bonds is 2. The number of halogens is 1. The Balaban J connectivity index is 1.56. The predicted molar refractivity (Wildman–Crippen MR) is 90.6 cm³/mol. The van der Waals surface area contributed by atoms with Gasteiger partial charge in [0.1, 0.15) is 5.65 Å². The van der Waals surface area contributed by atoms with Crippen molar-refractivity contribution in [2.24, 2.45) is 17.6 Å². The van der Waals surface area contributed by atoms with Crippen LogP contribution in [0.5, 0.6) is 0 Å². The van der Waals surface area contributed by atoms with Crippen LogP contribution in [-0.2, 0) is 6.54 Å². The summed E-state index contributed by atoms with van der Waals surface area (Å²) in [7, 11) is 0. The van der Waals surface area contributed by atoms with E-state index < -0.39 is 0 Å². The smallest absolute Gasteiger partial charge is 0.258 e. The van der Waals surface area contributed by atoms with E-state index in [4.69, 9.17) is 17.3 Å². The predicted octanol–water partition coefficient (Wildman–Crippen LogP) is 1.91. The third kappa shape index (κ3) is 2.89. The van der Waals surface area contributed by atoms with E-state index in [2.05, 4.69) is 9.88 Å². The summed E-state index contributed by atoms with van der Waals surface area (Å²) in [6.07, 6.45) is 5.28. The molecule has 122 valence electrons. The van der Waals surface area contributed by atoms with Crippen LogP contribution in [-0.4, -0.2) is 33.4 Å². The summed E-state index contributed by atoms with van der Waals surface area (Å²) in [4.78, 5) is 19.3. The number of fused-ring (bicyclic) bond motifs is 2. The highest BCUT2D eigenvalue weighted by atomic mass is 35.5. The molecular formula is C17H21ClN4O. The van der Waals surface area contributed by atoms with Crippen LogP contribution in [0.15, 0.2) is 29.2 Å². The summed E-state index contributed by atoms with van der Waals surface area (Å²) in [5.74, 6) is 1.31. The Morgan fingerprint density at radius 1 is 1.30 bits per heavy atom. The van der Waals surface area contributed by atoms with Gasteiger partial charge in [-0.3, -0.25) is 14.1 Å². The third-order valence-electron chi connectivity index (χ3n) is 5.29. The Hall–Kier alpha value is -1.43. The maximum atomic E-state index is 12.3. The highest BCUT2D eigenvalue weighted by molar-refractivity contribution is 6.30. The molecule has 1 saturated heterocycles. The molecule has 0 aromatic carbocycles. The number of pyridine rings is 1. The fourth-order valence-corrected chi connectivity index (χ4v) is 4.33. The van der Waals surface area contributed by atoms with Gasteiger partial charge >= 0.3 is 0 Å². The van der Waals surface area contributed by atoms with Crippen LogP contribution in [0.3, 0.4) is 0 Å². The fourth-order valence-electron chi connectivity index (χ4n) is 4.17. The maximum absolute atomic E-state index is 12.3. The first kappa shape index (κ1) is 15.1. The van der Waals surface area contributed by atoms with E-state index in [0.29, 0.717) is 35.1 Å². The first-order chi connectivity index (χ1) is 11.1. The minimum absolute atomic E-state index is 0.0826. The molecule has 2 aromatic heterocycles. The molecule has 2 aliphatic rings. The van der Waals surface area contributed by atoms with Crippen molar-refractivity contribution >= 4 is 17.2 Å². The Bertz CT molecular complexity index is 790. The SMILES string of the molecule is NC1CCCC2CN(Cc3cc(=O)n4cc(Cl)ccc4n3)CC12. The summed E-state index contributed by atoms with van der Waals surface area (Å²) in [6, 6.07) is 5.49. The topological polar surface area (TPSA) is 63.6 Å². The summed E-state index contributed by atoms with van der Waals surface area (Å²) < 4.78 is 1.49. The number of nitrogens with zero attached hydrogens (tertiary/aromatic N) is 3. The monoisotopic (exact) mass is 332 g/mol. The van der Waals surface area contributed by atoms with Gasteiger partial charge in [-0.15, -0.1) is 0 Å². The van der Waals surface area contributed by atoms with E-state index in [9.17, 15) is 4.79 Å². The first-order valence-electron chi connectivity index (χ1n) is 8.26. The summed E-state index contributed by atoms with van der Waals surface area (Å²) in [6.45, 7) is 2.81. The number of aromatic nitrogens is 2. The van der Waals surface area contributed by atoms with Crippen LogP contribution in [0.2, 0.25) is 5.02 Å². The minimum Gasteiger partial charge on any atom is -0.327 e. The second-order valence-electron chi connectivity index (χ2n) is 6.87. The van der Waals surface area contributed by atoms with Crippen LogP contribution in [0, 0.1) is 11.8 Å². The molecule has 6 heteroatoms. The molecule has 1 aliphatic heterocycles. The van der Waals surface area contributed by atoms with Gasteiger partial charge in [0.05, 0.1) is 10.7 Å². The molecule has 2 N–H and O–H groups in total. The van der Waals surface area contributed by atoms with Crippen molar-refractivity contribution in [3.63, 3.8) is 0 Å². The van der Waals surface area contributed by atoms with Gasteiger partial charge in [-0.1, -0.05) is 18.0 Å². The largest absolute Gasteiger partial charge is 0.327 e. The molecular weight excluding hydrogens is 312 g/mol. The van der Waals surface area contributed by atoms with Crippen molar-refractivity contribution in [1.29, 1.82) is 0 Å². The van der Waals surface area contributed by atoms with Gasteiger partial charge in [-0.25, -0.2) is 4.98 Å². The van der Waals surface area contributed by atoms with E-state index >= 15 is 0 Å². The Kier molecular flexibility index (Phi) is 3.87. The van der Waals surface area contributed by atoms with Crippen LogP contribution in [0.4, 0.5) is 0 Å². The molecule has 0 bridgehead atoms. The Morgan fingerprint density at radius 2 is 2.17 bits per heavy atom. The van der Waals surface area contributed by atoms with E-state index in [1.807, 2.05) is 0 Å². The molecule has 0 radical (unpaired) electrons. The second kappa shape index (κ2) is 5.89. The van der Waals surface area contributed by atoms with Gasteiger partial charge in [0.15, 0.2) is 0 Å². The van der Waals surface area contributed by atoms with Gasteiger partial charge in [0.2, 0.25) is 0 Å². The van der Waals surface area contributed by atoms with Crippen molar-refractivity contribution in [3.8, 4) is 0 Å². The van der Waals surface area contributed by atoms with E-state index in [1.165, 1.54) is 17.2 Å². The molecule has 3 atom stereocenters. The molecule has 23 heavy (non-hydrogen) atoms. The van der Waals surface area contributed by atoms with Crippen molar-refractivity contribution in [3.05, 3.63) is 45.5 Å². The van der Waals surface area contributed by atoms with Crippen molar-refractivity contribution in [2.45, 2.75) is 31.8 Å². The second-order valence-corrected chi connectivity index (χ2v) is 7.31. The van der Waals surface area contributed by atoms with E-state index in [-0.39, 0.29) is 5.56 Å². The lowest BCUT2D eigenvalue weighted by atomic mass is 9.78. The average molecular weight is 333 g/mol. The van der Waals surface area contributed by atoms with Crippen LogP contribution in [0.25, 0.3) is 5.65 Å². The van der Waals surface area contributed by atoms with Gasteiger partial charge in [-0.05, 0) is 36.8 Å². The molecule has 2 fully saturated rings. The number of likely N-dealkylation sites (tertiary alicyclic amines) is 1. The zero-order chi connectivity index (χ0) is 16.0. The normalized spacial score (nSPS) is 28.2. The van der Waals surface area contributed by atoms with Gasteiger partial charge in [-0.2, -0.15) is 0 Å². The van der Waals surface area contributed by atoms with Crippen LogP contribution < -0.4 is 11.3 Å². The first-order valence-corrected chi connectivity index (χ1v) is 8.64. The van der Waals surface area contributed by atoms with Gasteiger partial charge in [0.25, 0.3) is 5.56 Å². The van der Waals surface area contributed by atoms with Gasteiger partial charge in [0, 0.05) is 37.9 Å². The minimum atomic E-state index is -0.0826. The summed E-state index contributed by atoms with van der Waals surface area (Å²) in [5, 5.41) is 0.534. The number of hydrogen-bond acceptors (Lipinski definition) is 4. The van der Waals surface area contributed by atoms with Crippen molar-refractivity contribution in [1.82, 2.24) is 14.3 Å². The van der Waals surface area contributed by atoms with E-state index in [1.54, 1.807) is 24.4 Å². The molecule has 5 nitrogen and oxygen atoms in total. The van der Waals surface area contributed by atoms with Gasteiger partial charge < -0.3 is 5.73 Å². The summed E-state index contributed by atoms with van der Waals surface area (Å²) >= 11 is 5.94. The molecule has 4 rings (SSSR count). The van der Waals surface area contributed by atoms with Crippen LogP contribution in [0.1, 0.15) is 25.0 Å². The Morgan fingerprint density at radius 3 is 3.00 bits per heavy atom. The fraction of sp³-hybridized carbons (Fsp3) is 0.529. The molecule has 0 amide bonds. The third-order valence-corrected chi connectivity index (χ3v) is 5.52. The molecule has 0 spiro atoms. The number of hydrogen-bond donors (Lipinski definition) is 1.